The van der Waals surface area contributed by atoms with E-state index < -0.39 is 21.5 Å². The van der Waals surface area contributed by atoms with Gasteiger partial charge in [-0.1, -0.05) is 17.2 Å². The van der Waals surface area contributed by atoms with Crippen molar-refractivity contribution in [3.8, 4) is 5.69 Å². The highest BCUT2D eigenvalue weighted by Gasteiger charge is 2.52. The Morgan fingerprint density at radius 3 is 2.65 bits per heavy atom. The van der Waals surface area contributed by atoms with E-state index in [-0.39, 0.29) is 34.8 Å². The standard InChI is InChI=1S/C30H29ClFN7O3S/c1-37-18-34-29(36-37)43(41,42)38(17-19-2-3-19)25-7-4-21-12-27-20(16-35-39(27)24-8-5-23(32)6-9-24)14-30(21,15-25)28(40)26-13-22(31)10-11-33-26/h5-6,8-13,16,18-19,25H,2-4,7,14-15,17H2,1H3/t25-,30-/m0/s1. The first-order valence-corrected chi connectivity index (χ1v) is 16.0. The summed E-state index contributed by atoms with van der Waals surface area (Å²) in [5, 5.41) is 8.87. The first kappa shape index (κ1) is 28.1. The van der Waals surface area contributed by atoms with E-state index in [1.165, 1.54) is 33.6 Å². The topological polar surface area (TPSA) is 116 Å². The largest absolute Gasteiger partial charge is 0.291 e. The zero-order valence-corrected chi connectivity index (χ0v) is 25.0. The van der Waals surface area contributed by atoms with E-state index in [0.29, 0.717) is 36.5 Å². The highest BCUT2D eigenvalue weighted by molar-refractivity contribution is 7.89. The summed E-state index contributed by atoms with van der Waals surface area (Å²) in [6.07, 6.45) is 10.1. The molecule has 3 aromatic heterocycles. The third kappa shape index (κ3) is 5.00. The van der Waals surface area contributed by atoms with Crippen LogP contribution >= 0.6 is 11.6 Å². The molecule has 0 amide bonds. The summed E-state index contributed by atoms with van der Waals surface area (Å²) in [5.74, 6) is -0.277. The lowest BCUT2D eigenvalue weighted by Gasteiger charge is -2.46. The molecule has 10 nitrogen and oxygen atoms in total. The van der Waals surface area contributed by atoms with Crippen molar-refractivity contribution >= 4 is 33.5 Å². The molecule has 3 aliphatic carbocycles. The maximum absolute atomic E-state index is 14.5. The van der Waals surface area contributed by atoms with Crippen molar-refractivity contribution in [3.63, 3.8) is 0 Å². The maximum Gasteiger partial charge on any atom is 0.282 e. The number of nitrogens with zero attached hydrogens (tertiary/aromatic N) is 7. The van der Waals surface area contributed by atoms with Crippen molar-refractivity contribution in [2.24, 2.45) is 18.4 Å². The van der Waals surface area contributed by atoms with Gasteiger partial charge in [-0.3, -0.25) is 14.5 Å². The van der Waals surface area contributed by atoms with Gasteiger partial charge >= 0.3 is 0 Å². The summed E-state index contributed by atoms with van der Waals surface area (Å²) in [4.78, 5) is 23.0. The highest BCUT2D eigenvalue weighted by atomic mass is 35.5. The molecule has 0 aliphatic heterocycles. The Morgan fingerprint density at radius 2 is 1.95 bits per heavy atom. The first-order chi connectivity index (χ1) is 20.6. The Hall–Kier alpha value is -3.74. The van der Waals surface area contributed by atoms with Gasteiger partial charge in [0.2, 0.25) is 0 Å². The lowest BCUT2D eigenvalue weighted by Crippen LogP contribution is -2.51. The van der Waals surface area contributed by atoms with Crippen LogP contribution in [0.4, 0.5) is 4.39 Å². The normalized spacial score (nSPS) is 21.8. The summed E-state index contributed by atoms with van der Waals surface area (Å²) in [6, 6.07) is 8.81. The van der Waals surface area contributed by atoms with Crippen molar-refractivity contribution in [3.05, 3.63) is 88.5 Å². The molecule has 0 N–H and O–H groups in total. The van der Waals surface area contributed by atoms with Gasteiger partial charge < -0.3 is 0 Å². The van der Waals surface area contributed by atoms with Crippen LogP contribution in [-0.2, 0) is 23.5 Å². The zero-order valence-electron chi connectivity index (χ0n) is 23.4. The highest BCUT2D eigenvalue weighted by Crippen LogP contribution is 2.52. The van der Waals surface area contributed by atoms with Crippen molar-refractivity contribution in [2.75, 3.05) is 6.54 Å². The number of aryl methyl sites for hydroxylation is 1. The van der Waals surface area contributed by atoms with E-state index in [0.717, 1.165) is 29.7 Å². The monoisotopic (exact) mass is 621 g/mol. The Morgan fingerprint density at radius 1 is 1.16 bits per heavy atom. The number of hydrogen-bond acceptors (Lipinski definition) is 7. The van der Waals surface area contributed by atoms with Gasteiger partial charge in [0.25, 0.3) is 15.2 Å². The number of benzene rings is 1. The van der Waals surface area contributed by atoms with Crippen molar-refractivity contribution in [2.45, 2.75) is 49.7 Å². The van der Waals surface area contributed by atoms with Crippen LogP contribution < -0.4 is 0 Å². The second-order valence-electron chi connectivity index (χ2n) is 11.7. The lowest BCUT2D eigenvalue weighted by molar-refractivity contribution is 0.0735. The van der Waals surface area contributed by atoms with Crippen molar-refractivity contribution in [1.82, 2.24) is 33.8 Å². The van der Waals surface area contributed by atoms with E-state index in [9.17, 15) is 17.6 Å². The van der Waals surface area contributed by atoms with Crippen LogP contribution in [0.5, 0.6) is 0 Å². The molecule has 1 aromatic carbocycles. The summed E-state index contributed by atoms with van der Waals surface area (Å²) in [7, 11) is -2.39. The smallest absolute Gasteiger partial charge is 0.282 e. The molecule has 43 heavy (non-hydrogen) atoms. The second-order valence-corrected chi connectivity index (χ2v) is 13.9. The minimum Gasteiger partial charge on any atom is -0.291 e. The zero-order chi connectivity index (χ0) is 29.9. The van der Waals surface area contributed by atoms with Gasteiger partial charge in [-0.25, -0.2) is 22.5 Å². The van der Waals surface area contributed by atoms with Gasteiger partial charge in [-0.05, 0) is 92.5 Å². The maximum atomic E-state index is 14.5. The number of rotatable bonds is 8. The summed E-state index contributed by atoms with van der Waals surface area (Å²) in [5.41, 5.74) is 2.44. The van der Waals surface area contributed by atoms with E-state index in [1.54, 1.807) is 42.2 Å². The van der Waals surface area contributed by atoms with E-state index in [2.05, 4.69) is 20.2 Å². The minimum atomic E-state index is -4.02. The number of halogens is 2. The van der Waals surface area contributed by atoms with Gasteiger partial charge in [0.1, 0.15) is 17.8 Å². The van der Waals surface area contributed by atoms with Crippen LogP contribution in [0.2, 0.25) is 5.02 Å². The number of aromatic nitrogens is 6. The molecule has 0 radical (unpaired) electrons. The van der Waals surface area contributed by atoms with Crippen molar-refractivity contribution in [1.29, 1.82) is 0 Å². The second kappa shape index (κ2) is 10.5. The molecule has 0 spiro atoms. The van der Waals surface area contributed by atoms with Crippen LogP contribution in [0.25, 0.3) is 11.8 Å². The van der Waals surface area contributed by atoms with Crippen LogP contribution in [0.15, 0.2) is 65.8 Å². The Labute approximate surface area is 253 Å². The predicted molar refractivity (Wildman–Crippen MR) is 156 cm³/mol. The van der Waals surface area contributed by atoms with Gasteiger partial charge in [0.15, 0.2) is 5.78 Å². The first-order valence-electron chi connectivity index (χ1n) is 14.2. The molecule has 13 heteroatoms. The number of carbonyl (C=O) groups excluding carboxylic acids is 1. The molecular formula is C30H29ClFN7O3S. The average molecular weight is 622 g/mol. The fourth-order valence-electron chi connectivity index (χ4n) is 6.43. The fourth-order valence-corrected chi connectivity index (χ4v) is 8.19. The van der Waals surface area contributed by atoms with Crippen LogP contribution in [-0.4, -0.2) is 60.6 Å². The van der Waals surface area contributed by atoms with E-state index in [4.69, 9.17) is 11.6 Å². The molecule has 3 heterocycles. The lowest BCUT2D eigenvalue weighted by atomic mass is 9.60. The summed E-state index contributed by atoms with van der Waals surface area (Å²) in [6.45, 7) is 0.359. The number of pyridine rings is 1. The number of allylic oxidation sites excluding steroid dienone is 1. The Bertz CT molecular complexity index is 1870. The number of fused-ring (bicyclic) bond motifs is 2. The Kier molecular flexibility index (Phi) is 6.82. The van der Waals surface area contributed by atoms with Crippen LogP contribution in [0.1, 0.15) is 53.8 Å². The molecule has 0 bridgehead atoms. The minimum absolute atomic E-state index is 0.203. The van der Waals surface area contributed by atoms with E-state index in [1.807, 2.05) is 6.08 Å². The molecular weight excluding hydrogens is 593 g/mol. The fraction of sp³-hybridized carbons (Fsp3) is 0.367. The number of ketones is 1. The van der Waals surface area contributed by atoms with Gasteiger partial charge in [0.05, 0.1) is 23.0 Å². The molecule has 0 unspecified atom stereocenters. The molecule has 222 valence electrons. The summed E-state index contributed by atoms with van der Waals surface area (Å²) >= 11 is 6.29. The quantitative estimate of drug-likeness (QED) is 0.263. The van der Waals surface area contributed by atoms with Crippen LogP contribution in [0.3, 0.4) is 0 Å². The predicted octanol–water partition coefficient (Wildman–Crippen LogP) is 4.65. The Balaban J connectivity index is 1.32. The van der Waals surface area contributed by atoms with Gasteiger partial charge in [-0.15, -0.1) is 5.10 Å². The van der Waals surface area contributed by atoms with Crippen molar-refractivity contribution < 1.29 is 17.6 Å². The average Bonchev–Trinajstić information content (AvgIpc) is 3.57. The molecule has 7 rings (SSSR count). The number of sulfonamides is 1. The molecule has 2 saturated carbocycles. The number of Topliss-reactive ketones (excluding diaryl/α,β-unsaturated/α-hetero) is 1. The van der Waals surface area contributed by atoms with Crippen LogP contribution in [0, 0.1) is 17.2 Å². The molecule has 2 atom stereocenters. The molecule has 4 aromatic rings. The molecule has 3 aliphatic rings. The van der Waals surface area contributed by atoms with Gasteiger partial charge in [-0.2, -0.15) is 9.40 Å². The third-order valence-corrected chi connectivity index (χ3v) is 10.7. The SMILES string of the molecule is Cn1cnc(S(=O)(=O)N(CC2CC2)[C@H]2CCC3=Cc4c(cnn4-c4ccc(F)cc4)C[C@]3(C(=O)c3cc(Cl)ccn3)C2)n1. The number of hydrogen-bond donors (Lipinski definition) is 0. The summed E-state index contributed by atoms with van der Waals surface area (Å²) < 4.78 is 46.2. The van der Waals surface area contributed by atoms with Gasteiger partial charge in [0, 0.05) is 30.9 Å². The number of carbonyl (C=O) groups is 1. The molecule has 0 saturated heterocycles. The van der Waals surface area contributed by atoms with E-state index >= 15 is 0 Å². The third-order valence-electron chi connectivity index (χ3n) is 8.76. The molecule has 2 fully saturated rings.